The number of benzene rings is 1. The van der Waals surface area contributed by atoms with Crippen LogP contribution in [0.15, 0.2) is 18.2 Å². The fraction of sp³-hybridized carbons (Fsp3) is 0.417. The van der Waals surface area contributed by atoms with Crippen molar-refractivity contribution in [1.29, 1.82) is 0 Å². The van der Waals surface area contributed by atoms with Gasteiger partial charge in [-0.1, -0.05) is 23.2 Å². The van der Waals surface area contributed by atoms with Gasteiger partial charge in [0.05, 0.1) is 6.61 Å². The number of halogens is 2. The summed E-state index contributed by atoms with van der Waals surface area (Å²) in [5.74, 6) is 0.774. The van der Waals surface area contributed by atoms with Gasteiger partial charge in [0.1, 0.15) is 6.04 Å². The molecule has 0 fully saturated rings. The lowest BCUT2D eigenvalue weighted by molar-refractivity contribution is -0.144. The summed E-state index contributed by atoms with van der Waals surface area (Å²) >= 11 is 13.4. The Labute approximate surface area is 121 Å². The highest BCUT2D eigenvalue weighted by atomic mass is 35.5. The van der Waals surface area contributed by atoms with Crippen LogP contribution in [0.4, 0.5) is 0 Å². The third kappa shape index (κ3) is 5.06. The first-order valence-corrected chi connectivity index (χ1v) is 7.39. The highest BCUT2D eigenvalue weighted by Gasteiger charge is 2.14. The number of esters is 1. The predicted molar refractivity (Wildman–Crippen MR) is 77.2 cm³/mol. The molecule has 1 unspecified atom stereocenters. The van der Waals surface area contributed by atoms with Crippen LogP contribution < -0.4 is 5.73 Å². The van der Waals surface area contributed by atoms with Crippen LogP contribution in [-0.2, 0) is 15.3 Å². The monoisotopic (exact) mass is 307 g/mol. The molecule has 0 aliphatic heterocycles. The number of thioether (sulfide) groups is 1. The molecule has 0 aliphatic carbocycles. The normalized spacial score (nSPS) is 12.2. The van der Waals surface area contributed by atoms with Gasteiger partial charge in [-0.2, -0.15) is 11.8 Å². The van der Waals surface area contributed by atoms with Gasteiger partial charge in [-0.25, -0.2) is 0 Å². The summed E-state index contributed by atoms with van der Waals surface area (Å²) in [6.45, 7) is 2.10. The summed E-state index contributed by atoms with van der Waals surface area (Å²) in [7, 11) is 0. The van der Waals surface area contributed by atoms with Gasteiger partial charge < -0.3 is 10.5 Å². The molecule has 0 amide bonds. The molecule has 0 bridgehead atoms. The molecular formula is C12H15Cl2NO2S. The van der Waals surface area contributed by atoms with Crippen LogP contribution in [0.2, 0.25) is 10.0 Å². The van der Waals surface area contributed by atoms with Crippen LogP contribution in [0.25, 0.3) is 0 Å². The Hall–Kier alpha value is -0.420. The quantitative estimate of drug-likeness (QED) is 0.820. The number of hydrogen-bond acceptors (Lipinski definition) is 4. The average Bonchev–Trinajstić information content (AvgIpc) is 2.33. The molecule has 0 aromatic heterocycles. The SMILES string of the molecule is CCOC(=O)C(N)CSCc1cc(Cl)ccc1Cl. The fourth-order valence-corrected chi connectivity index (χ4v) is 2.69. The Bertz CT molecular complexity index is 415. The number of hydrogen-bond donors (Lipinski definition) is 1. The summed E-state index contributed by atoms with van der Waals surface area (Å²) in [5.41, 5.74) is 6.62. The first-order chi connectivity index (χ1) is 8.54. The first kappa shape index (κ1) is 15.6. The van der Waals surface area contributed by atoms with Crippen molar-refractivity contribution in [3.8, 4) is 0 Å². The van der Waals surface area contributed by atoms with E-state index in [1.54, 1.807) is 19.1 Å². The zero-order chi connectivity index (χ0) is 13.5. The number of carbonyl (C=O) groups is 1. The molecule has 0 radical (unpaired) electrons. The van der Waals surface area contributed by atoms with Crippen LogP contribution in [0, 0.1) is 0 Å². The minimum Gasteiger partial charge on any atom is -0.465 e. The maximum atomic E-state index is 11.3. The minimum atomic E-state index is -0.604. The van der Waals surface area contributed by atoms with E-state index in [0.29, 0.717) is 28.2 Å². The maximum absolute atomic E-state index is 11.3. The number of carbonyl (C=O) groups excluding carboxylic acids is 1. The van der Waals surface area contributed by atoms with Crippen LogP contribution in [0.1, 0.15) is 12.5 Å². The van der Waals surface area contributed by atoms with E-state index in [9.17, 15) is 4.79 Å². The highest BCUT2D eigenvalue weighted by molar-refractivity contribution is 7.98. The van der Waals surface area contributed by atoms with Crippen molar-refractivity contribution < 1.29 is 9.53 Å². The molecule has 18 heavy (non-hydrogen) atoms. The smallest absolute Gasteiger partial charge is 0.323 e. The fourth-order valence-electron chi connectivity index (χ4n) is 1.27. The van der Waals surface area contributed by atoms with Gasteiger partial charge in [0.2, 0.25) is 0 Å². The van der Waals surface area contributed by atoms with E-state index >= 15 is 0 Å². The summed E-state index contributed by atoms with van der Waals surface area (Å²) in [5, 5.41) is 1.31. The van der Waals surface area contributed by atoms with Gasteiger partial charge in [0.15, 0.2) is 0 Å². The van der Waals surface area contributed by atoms with Crippen molar-refractivity contribution in [2.45, 2.75) is 18.7 Å². The first-order valence-electron chi connectivity index (χ1n) is 5.48. The molecule has 1 aromatic carbocycles. The largest absolute Gasteiger partial charge is 0.465 e. The lowest BCUT2D eigenvalue weighted by atomic mass is 10.2. The maximum Gasteiger partial charge on any atom is 0.323 e. The Kier molecular flexibility index (Phi) is 6.86. The van der Waals surface area contributed by atoms with Crippen molar-refractivity contribution >= 4 is 40.9 Å². The Morgan fingerprint density at radius 1 is 1.50 bits per heavy atom. The molecule has 2 N–H and O–H groups in total. The van der Waals surface area contributed by atoms with Gasteiger partial charge in [-0.3, -0.25) is 4.79 Å². The zero-order valence-electron chi connectivity index (χ0n) is 9.99. The van der Waals surface area contributed by atoms with Crippen molar-refractivity contribution in [1.82, 2.24) is 0 Å². The zero-order valence-corrected chi connectivity index (χ0v) is 12.3. The summed E-state index contributed by atoms with van der Waals surface area (Å²) in [6, 6.07) is 4.70. The molecule has 0 heterocycles. The number of nitrogens with two attached hydrogens (primary N) is 1. The summed E-state index contributed by atoms with van der Waals surface area (Å²) in [4.78, 5) is 11.3. The van der Waals surface area contributed by atoms with Crippen molar-refractivity contribution in [2.24, 2.45) is 5.73 Å². The van der Waals surface area contributed by atoms with Gasteiger partial charge in [0, 0.05) is 21.6 Å². The summed E-state index contributed by atoms with van der Waals surface area (Å²) < 4.78 is 4.82. The van der Waals surface area contributed by atoms with E-state index in [-0.39, 0.29) is 5.97 Å². The molecular weight excluding hydrogens is 293 g/mol. The third-order valence-corrected chi connectivity index (χ3v) is 3.87. The average molecular weight is 308 g/mol. The molecule has 1 aromatic rings. The van der Waals surface area contributed by atoms with E-state index in [2.05, 4.69) is 0 Å². The lowest BCUT2D eigenvalue weighted by Gasteiger charge is -2.10. The molecule has 1 atom stereocenters. The molecule has 0 saturated carbocycles. The van der Waals surface area contributed by atoms with Crippen molar-refractivity contribution in [3.05, 3.63) is 33.8 Å². The number of rotatable bonds is 6. The second-order valence-corrected chi connectivity index (χ2v) is 5.48. The van der Waals surface area contributed by atoms with Gasteiger partial charge in [-0.05, 0) is 30.7 Å². The molecule has 0 saturated heterocycles. The van der Waals surface area contributed by atoms with Crippen LogP contribution in [0.5, 0.6) is 0 Å². The second kappa shape index (κ2) is 7.89. The molecule has 100 valence electrons. The number of ether oxygens (including phenoxy) is 1. The van der Waals surface area contributed by atoms with E-state index in [4.69, 9.17) is 33.7 Å². The van der Waals surface area contributed by atoms with E-state index in [1.807, 2.05) is 6.07 Å². The van der Waals surface area contributed by atoms with Crippen molar-refractivity contribution in [3.63, 3.8) is 0 Å². The standard InChI is InChI=1S/C12H15Cl2NO2S/c1-2-17-12(16)11(15)7-18-6-8-5-9(13)3-4-10(8)14/h3-5,11H,2,6-7,15H2,1H3. The van der Waals surface area contributed by atoms with Gasteiger partial charge >= 0.3 is 5.97 Å². The van der Waals surface area contributed by atoms with Gasteiger partial charge in [0.25, 0.3) is 0 Å². The molecule has 6 heteroatoms. The van der Waals surface area contributed by atoms with Crippen LogP contribution in [0.3, 0.4) is 0 Å². The van der Waals surface area contributed by atoms with E-state index < -0.39 is 6.04 Å². The highest BCUT2D eigenvalue weighted by Crippen LogP contribution is 2.24. The van der Waals surface area contributed by atoms with Gasteiger partial charge in [-0.15, -0.1) is 0 Å². The Morgan fingerprint density at radius 2 is 2.22 bits per heavy atom. The molecule has 3 nitrogen and oxygen atoms in total. The predicted octanol–water partition coefficient (Wildman–Crippen LogP) is 3.12. The minimum absolute atomic E-state index is 0.345. The molecule has 0 aliphatic rings. The third-order valence-electron chi connectivity index (χ3n) is 2.15. The van der Waals surface area contributed by atoms with Crippen LogP contribution >= 0.6 is 35.0 Å². The second-order valence-electron chi connectivity index (χ2n) is 3.61. The summed E-state index contributed by atoms with van der Waals surface area (Å²) in [6.07, 6.45) is 0. The Morgan fingerprint density at radius 3 is 2.89 bits per heavy atom. The lowest BCUT2D eigenvalue weighted by Crippen LogP contribution is -2.34. The van der Waals surface area contributed by atoms with E-state index in [0.717, 1.165) is 5.56 Å². The topological polar surface area (TPSA) is 52.3 Å². The van der Waals surface area contributed by atoms with Crippen LogP contribution in [-0.4, -0.2) is 24.4 Å². The Balaban J connectivity index is 2.41. The van der Waals surface area contributed by atoms with E-state index in [1.165, 1.54) is 11.8 Å². The molecule has 0 spiro atoms. The molecule has 1 rings (SSSR count). The van der Waals surface area contributed by atoms with Crippen molar-refractivity contribution in [2.75, 3.05) is 12.4 Å².